The number of carbonyl (C=O) groups excluding carboxylic acids is 1. The highest BCUT2D eigenvalue weighted by atomic mass is 127. The maximum atomic E-state index is 12.1. The summed E-state index contributed by atoms with van der Waals surface area (Å²) < 4.78 is 2.43. The minimum absolute atomic E-state index is 0.00620. The fourth-order valence-electron chi connectivity index (χ4n) is 1.51. The van der Waals surface area contributed by atoms with Crippen LogP contribution in [0.1, 0.15) is 17.3 Å². The number of benzene rings is 1. The van der Waals surface area contributed by atoms with Gasteiger partial charge in [-0.3, -0.25) is 4.79 Å². The topological polar surface area (TPSA) is 17.1 Å². The molecule has 0 bridgehead atoms. The van der Waals surface area contributed by atoms with E-state index >= 15 is 0 Å². The van der Waals surface area contributed by atoms with E-state index in [0.29, 0.717) is 10.6 Å². The molecule has 18 heavy (non-hydrogen) atoms. The summed E-state index contributed by atoms with van der Waals surface area (Å²) in [4.78, 5) is 12.1. The number of allylic oxidation sites excluding steroid dienone is 1. The number of alkyl halides is 1. The molecule has 5 heteroatoms. The van der Waals surface area contributed by atoms with E-state index in [1.807, 2.05) is 12.1 Å². The predicted octanol–water partition coefficient (Wildman–Crippen LogP) is 5.04. The van der Waals surface area contributed by atoms with E-state index in [0.717, 1.165) is 14.4 Å². The molecule has 1 nitrogen and oxygen atoms in total. The monoisotopic (exact) mass is 410 g/mol. The average Bonchev–Trinajstić information content (AvgIpc) is 2.72. The van der Waals surface area contributed by atoms with Gasteiger partial charge >= 0.3 is 0 Å². The molecule has 1 heterocycles. The maximum Gasteiger partial charge on any atom is 0.188 e. The summed E-state index contributed by atoms with van der Waals surface area (Å²) in [5.41, 5.74) is 0.580. The number of halogens is 2. The van der Waals surface area contributed by atoms with Gasteiger partial charge in [-0.1, -0.05) is 46.3 Å². The molecule has 0 spiro atoms. The summed E-state index contributed by atoms with van der Waals surface area (Å²) in [7, 11) is 0. The van der Waals surface area contributed by atoms with Gasteiger partial charge in [0.2, 0.25) is 0 Å². The third kappa shape index (κ3) is 3.46. The zero-order valence-corrected chi connectivity index (χ0v) is 14.3. The molecule has 1 fully saturated rings. The average molecular weight is 411 g/mol. The summed E-state index contributed by atoms with van der Waals surface area (Å²) in [6, 6.07) is 7.18. The van der Waals surface area contributed by atoms with Crippen molar-refractivity contribution in [2.45, 2.75) is 11.7 Å². The molecule has 2 rings (SSSR count). The Balaban J connectivity index is 2.16. The van der Waals surface area contributed by atoms with Gasteiger partial charge in [-0.25, -0.2) is 0 Å². The van der Waals surface area contributed by atoms with Crippen LogP contribution >= 0.6 is 57.7 Å². The number of rotatable bonds is 3. The maximum absolute atomic E-state index is 12.1. The van der Waals surface area contributed by atoms with E-state index in [-0.39, 0.29) is 10.5 Å². The van der Waals surface area contributed by atoms with Gasteiger partial charge in [0.05, 0.1) is 5.02 Å². The fraction of sp³-hybridized carbons (Fsp3) is 0.308. The number of carbonyl (C=O) groups is 1. The highest BCUT2D eigenvalue weighted by Gasteiger charge is 2.32. The Labute approximate surface area is 134 Å². The zero-order valence-electron chi connectivity index (χ0n) is 9.78. The lowest BCUT2D eigenvalue weighted by atomic mass is 10.1. The minimum Gasteiger partial charge on any atom is -0.289 e. The van der Waals surface area contributed by atoms with Crippen LogP contribution in [0.15, 0.2) is 34.6 Å². The van der Waals surface area contributed by atoms with Gasteiger partial charge in [-0.2, -0.15) is 0 Å². The van der Waals surface area contributed by atoms with Crippen molar-refractivity contribution in [3.05, 3.63) is 45.2 Å². The van der Waals surface area contributed by atoms with Crippen LogP contribution in [-0.2, 0) is 0 Å². The molecule has 0 radical (unpaired) electrons. The molecule has 1 aliphatic heterocycles. The van der Waals surface area contributed by atoms with Crippen molar-refractivity contribution in [2.24, 2.45) is 0 Å². The van der Waals surface area contributed by atoms with Crippen molar-refractivity contribution in [1.29, 1.82) is 0 Å². The van der Waals surface area contributed by atoms with E-state index in [1.54, 1.807) is 41.7 Å². The Morgan fingerprint density at radius 2 is 2.28 bits per heavy atom. The summed E-state index contributed by atoms with van der Waals surface area (Å²) in [5, 5.41) is 0.518. The van der Waals surface area contributed by atoms with Gasteiger partial charge < -0.3 is 0 Å². The number of thioether (sulfide) groups is 2. The van der Waals surface area contributed by atoms with Gasteiger partial charge in [0.25, 0.3) is 0 Å². The molecule has 1 aromatic carbocycles. The minimum atomic E-state index is -0.00620. The van der Waals surface area contributed by atoms with Gasteiger partial charge in [-0.15, -0.1) is 23.5 Å². The van der Waals surface area contributed by atoms with Crippen LogP contribution < -0.4 is 0 Å². The molecule has 0 N–H and O–H groups in total. The van der Waals surface area contributed by atoms with Crippen LogP contribution in [0.5, 0.6) is 0 Å². The van der Waals surface area contributed by atoms with E-state index in [9.17, 15) is 4.79 Å². The molecule has 0 aromatic heterocycles. The largest absolute Gasteiger partial charge is 0.289 e. The Kier molecular flexibility index (Phi) is 5.08. The lowest BCUT2D eigenvalue weighted by molar-refractivity contribution is 0.104. The number of hydrogen-bond donors (Lipinski definition) is 0. The molecular weight excluding hydrogens is 399 g/mol. The lowest BCUT2D eigenvalue weighted by Gasteiger charge is -2.16. The smallest absolute Gasteiger partial charge is 0.188 e. The molecule has 1 aliphatic rings. The summed E-state index contributed by atoms with van der Waals surface area (Å²) in [6.07, 6.45) is 1.72. The Morgan fingerprint density at radius 1 is 1.56 bits per heavy atom. The van der Waals surface area contributed by atoms with Crippen molar-refractivity contribution >= 4 is 63.5 Å². The van der Waals surface area contributed by atoms with Crippen LogP contribution in [0.3, 0.4) is 0 Å². The molecule has 0 amide bonds. The van der Waals surface area contributed by atoms with Crippen LogP contribution in [0.4, 0.5) is 0 Å². The van der Waals surface area contributed by atoms with Crippen LogP contribution in [-0.4, -0.2) is 20.7 Å². The molecule has 1 atom stereocenters. The van der Waals surface area contributed by atoms with Gasteiger partial charge in [-0.05, 0) is 19.1 Å². The number of hydrogen-bond acceptors (Lipinski definition) is 3. The fourth-order valence-corrected chi connectivity index (χ4v) is 5.71. The second-order valence-corrected chi connectivity index (χ2v) is 8.36. The van der Waals surface area contributed by atoms with Crippen molar-refractivity contribution < 1.29 is 4.79 Å². The van der Waals surface area contributed by atoms with Crippen molar-refractivity contribution in [1.82, 2.24) is 0 Å². The SMILES string of the molecule is CC1(CI)CS/C(=C\C(=O)c2ccccc2Cl)S1. The first-order valence-corrected chi connectivity index (χ1v) is 9.13. The third-order valence-electron chi connectivity index (χ3n) is 2.54. The quantitative estimate of drug-likeness (QED) is 0.301. The Morgan fingerprint density at radius 3 is 2.89 bits per heavy atom. The van der Waals surface area contributed by atoms with E-state index in [2.05, 4.69) is 29.5 Å². The standard InChI is InChI=1S/C13H12ClIOS2/c1-13(7-15)8-17-12(18-13)6-11(16)9-4-2-3-5-10(9)14/h2-6H,7-8H2,1H3/b12-6+. The lowest BCUT2D eigenvalue weighted by Crippen LogP contribution is -2.20. The molecule has 96 valence electrons. The second-order valence-electron chi connectivity index (χ2n) is 4.28. The van der Waals surface area contributed by atoms with Crippen LogP contribution in [0, 0.1) is 0 Å². The summed E-state index contributed by atoms with van der Waals surface area (Å²) >= 11 is 12.0. The Hall–Kier alpha value is 0.350. The normalized spacial score (nSPS) is 25.6. The molecule has 1 unspecified atom stereocenters. The van der Waals surface area contributed by atoms with Crippen molar-refractivity contribution in [3.63, 3.8) is 0 Å². The molecule has 1 aromatic rings. The van der Waals surface area contributed by atoms with E-state index in [1.165, 1.54) is 0 Å². The first-order valence-electron chi connectivity index (χ1n) is 5.42. The molecule has 1 saturated heterocycles. The zero-order chi connectivity index (χ0) is 13.2. The Bertz CT molecular complexity index is 504. The van der Waals surface area contributed by atoms with Gasteiger partial charge in [0.1, 0.15) is 0 Å². The van der Waals surface area contributed by atoms with Crippen molar-refractivity contribution in [2.75, 3.05) is 10.2 Å². The number of ketones is 1. The summed E-state index contributed by atoms with van der Waals surface area (Å²) in [6.45, 7) is 2.23. The highest BCUT2D eigenvalue weighted by Crippen LogP contribution is 2.49. The highest BCUT2D eigenvalue weighted by molar-refractivity contribution is 14.1. The first kappa shape index (κ1) is 14.8. The summed E-state index contributed by atoms with van der Waals surface area (Å²) in [5.74, 6) is 1.05. The van der Waals surface area contributed by atoms with Gasteiger partial charge in [0.15, 0.2) is 5.78 Å². The van der Waals surface area contributed by atoms with Crippen LogP contribution in [0.2, 0.25) is 5.02 Å². The molecular formula is C13H12ClIOS2. The van der Waals surface area contributed by atoms with Gasteiger partial charge in [0, 0.05) is 30.8 Å². The molecule has 0 aliphatic carbocycles. The first-order chi connectivity index (χ1) is 8.54. The van der Waals surface area contributed by atoms with Crippen molar-refractivity contribution in [3.8, 4) is 0 Å². The second kappa shape index (κ2) is 6.20. The third-order valence-corrected chi connectivity index (χ3v) is 8.14. The predicted molar refractivity (Wildman–Crippen MR) is 91.2 cm³/mol. The van der Waals surface area contributed by atoms with E-state index in [4.69, 9.17) is 11.6 Å². The van der Waals surface area contributed by atoms with Crippen LogP contribution in [0.25, 0.3) is 0 Å². The molecule has 0 saturated carbocycles. The van der Waals surface area contributed by atoms with E-state index < -0.39 is 0 Å².